The number of benzene rings is 2. The first-order valence-electron chi connectivity index (χ1n) is 12.0. The lowest BCUT2D eigenvalue weighted by molar-refractivity contribution is -0.140. The van der Waals surface area contributed by atoms with E-state index in [1.54, 1.807) is 42.5 Å². The van der Waals surface area contributed by atoms with E-state index in [1.165, 1.54) is 19.2 Å². The molecule has 2 aromatic rings. The van der Waals surface area contributed by atoms with Gasteiger partial charge in [0.15, 0.2) is 19.7 Å². The fourth-order valence-corrected chi connectivity index (χ4v) is 6.94. The number of allylic oxidation sites excluding steroid dienone is 1. The van der Waals surface area contributed by atoms with Crippen LogP contribution in [0.2, 0.25) is 0 Å². The summed E-state index contributed by atoms with van der Waals surface area (Å²) in [5, 5.41) is 9.47. The Morgan fingerprint density at radius 1 is 0.889 bits per heavy atom. The van der Waals surface area contributed by atoms with E-state index < -0.39 is 37.0 Å². The fraction of sp³-hybridized carbons (Fsp3) is 0.444. The number of aliphatic hydroxyl groups is 1. The van der Waals surface area contributed by atoms with Gasteiger partial charge < -0.3 is 9.84 Å². The Morgan fingerprint density at radius 3 is 2.00 bits per heavy atom. The van der Waals surface area contributed by atoms with Gasteiger partial charge in [-0.25, -0.2) is 16.8 Å². The molecule has 0 saturated carbocycles. The van der Waals surface area contributed by atoms with E-state index in [1.807, 2.05) is 19.9 Å². The summed E-state index contributed by atoms with van der Waals surface area (Å²) in [5.74, 6) is -0.821. The normalized spacial score (nSPS) is 14.0. The standard InChI is InChI=1S/C27H36O7S2/c1-21-10-14-24(15-11-21)35(30,31)20-23(28)8-6-4-5-7-9-25(18-19-27(29)34-3)36(32,33)26-16-12-22(2)13-17-26/h4,6,10-17,23,25,28H,5,7-9,18-20H2,1-3H3/b6-4+/t23-,25?/m0/s1. The first-order chi connectivity index (χ1) is 17.0. The highest BCUT2D eigenvalue weighted by molar-refractivity contribution is 7.92. The molecule has 0 bridgehead atoms. The summed E-state index contributed by atoms with van der Waals surface area (Å²) in [6, 6.07) is 13.2. The molecule has 0 spiro atoms. The molecule has 1 unspecified atom stereocenters. The third kappa shape index (κ3) is 9.19. The van der Waals surface area contributed by atoms with Crippen LogP contribution in [0.5, 0.6) is 0 Å². The largest absolute Gasteiger partial charge is 0.469 e. The average Bonchev–Trinajstić information content (AvgIpc) is 2.82. The van der Waals surface area contributed by atoms with Crippen molar-refractivity contribution in [3.05, 3.63) is 71.8 Å². The zero-order chi connectivity index (χ0) is 26.8. The van der Waals surface area contributed by atoms with E-state index in [2.05, 4.69) is 4.74 Å². The van der Waals surface area contributed by atoms with E-state index in [0.717, 1.165) is 11.1 Å². The Balaban J connectivity index is 1.90. The Hall–Kier alpha value is -2.49. The summed E-state index contributed by atoms with van der Waals surface area (Å²) in [4.78, 5) is 12.0. The smallest absolute Gasteiger partial charge is 0.305 e. The van der Waals surface area contributed by atoms with Crippen molar-refractivity contribution in [1.29, 1.82) is 0 Å². The number of esters is 1. The number of ether oxygens (including phenoxy) is 1. The average molecular weight is 537 g/mol. The predicted octanol–water partition coefficient (Wildman–Crippen LogP) is 4.35. The van der Waals surface area contributed by atoms with Crippen LogP contribution in [0.3, 0.4) is 0 Å². The van der Waals surface area contributed by atoms with Crippen molar-refractivity contribution in [1.82, 2.24) is 0 Å². The first-order valence-corrected chi connectivity index (χ1v) is 15.2. The van der Waals surface area contributed by atoms with Gasteiger partial charge >= 0.3 is 5.97 Å². The lowest BCUT2D eigenvalue weighted by Crippen LogP contribution is -2.23. The second-order valence-corrected chi connectivity index (χ2v) is 13.2. The summed E-state index contributed by atoms with van der Waals surface area (Å²) in [7, 11) is -5.93. The fourth-order valence-electron chi connectivity index (χ4n) is 3.75. The minimum Gasteiger partial charge on any atom is -0.469 e. The van der Waals surface area contributed by atoms with Crippen LogP contribution < -0.4 is 0 Å². The summed E-state index contributed by atoms with van der Waals surface area (Å²) in [6.45, 7) is 3.75. The lowest BCUT2D eigenvalue weighted by Gasteiger charge is -2.17. The van der Waals surface area contributed by atoms with Crippen LogP contribution in [0.25, 0.3) is 0 Å². The van der Waals surface area contributed by atoms with Crippen molar-refractivity contribution in [3.8, 4) is 0 Å². The second-order valence-electron chi connectivity index (χ2n) is 8.98. The number of carbonyl (C=O) groups excluding carboxylic acids is 1. The molecule has 2 rings (SSSR count). The summed E-state index contributed by atoms with van der Waals surface area (Å²) in [6.07, 6.45) is 4.35. The zero-order valence-electron chi connectivity index (χ0n) is 21.1. The lowest BCUT2D eigenvalue weighted by atomic mass is 10.1. The second kappa shape index (κ2) is 13.7. The molecule has 0 radical (unpaired) electrons. The molecule has 7 nitrogen and oxygen atoms in total. The van der Waals surface area contributed by atoms with Crippen LogP contribution in [0.4, 0.5) is 0 Å². The van der Waals surface area contributed by atoms with Crippen molar-refractivity contribution in [2.75, 3.05) is 12.9 Å². The topological polar surface area (TPSA) is 115 Å². The minimum absolute atomic E-state index is 0.0176. The molecule has 0 fully saturated rings. The molecule has 2 aromatic carbocycles. The van der Waals surface area contributed by atoms with Gasteiger partial charge in [0, 0.05) is 6.42 Å². The Kier molecular flexibility index (Phi) is 11.3. The van der Waals surface area contributed by atoms with Crippen LogP contribution in [0.1, 0.15) is 49.7 Å². The Labute approximate surface area is 215 Å². The zero-order valence-corrected chi connectivity index (χ0v) is 22.7. The minimum atomic E-state index is -3.62. The molecular weight excluding hydrogens is 500 g/mol. The number of rotatable bonds is 14. The predicted molar refractivity (Wildman–Crippen MR) is 140 cm³/mol. The number of unbranched alkanes of at least 4 members (excludes halogenated alkanes) is 1. The molecule has 9 heteroatoms. The highest BCUT2D eigenvalue weighted by Crippen LogP contribution is 2.24. The number of sulfone groups is 2. The molecule has 0 amide bonds. The Bertz CT molecular complexity index is 1210. The molecule has 0 aliphatic carbocycles. The highest BCUT2D eigenvalue weighted by atomic mass is 32.2. The van der Waals surface area contributed by atoms with E-state index in [9.17, 15) is 26.7 Å². The van der Waals surface area contributed by atoms with Crippen molar-refractivity contribution in [2.24, 2.45) is 0 Å². The van der Waals surface area contributed by atoms with Crippen molar-refractivity contribution >= 4 is 25.6 Å². The molecule has 1 N–H and O–H groups in total. The van der Waals surface area contributed by atoms with Gasteiger partial charge in [0.1, 0.15) is 0 Å². The number of aliphatic hydroxyl groups excluding tert-OH is 1. The van der Waals surface area contributed by atoms with Crippen LogP contribution >= 0.6 is 0 Å². The van der Waals surface area contributed by atoms with Crippen molar-refractivity contribution < 1.29 is 31.5 Å². The van der Waals surface area contributed by atoms with Crippen molar-refractivity contribution in [3.63, 3.8) is 0 Å². The van der Waals surface area contributed by atoms with Crippen LogP contribution in [-0.2, 0) is 29.2 Å². The van der Waals surface area contributed by atoms with E-state index in [-0.39, 0.29) is 34.8 Å². The summed E-state index contributed by atoms with van der Waals surface area (Å²) < 4.78 is 55.9. The van der Waals surface area contributed by atoms with Crippen molar-refractivity contribution in [2.45, 2.75) is 73.5 Å². The van der Waals surface area contributed by atoms with E-state index in [0.29, 0.717) is 19.3 Å². The number of aryl methyl sites for hydroxylation is 2. The van der Waals surface area contributed by atoms with Gasteiger partial charge in [-0.3, -0.25) is 4.79 Å². The molecule has 0 aromatic heterocycles. The molecule has 2 atom stereocenters. The monoisotopic (exact) mass is 536 g/mol. The molecule has 0 heterocycles. The number of methoxy groups -OCH3 is 1. The Morgan fingerprint density at radius 2 is 1.44 bits per heavy atom. The van der Waals surface area contributed by atoms with Gasteiger partial charge in [0.25, 0.3) is 0 Å². The van der Waals surface area contributed by atoms with Gasteiger partial charge in [-0.1, -0.05) is 47.5 Å². The molecule has 0 aliphatic heterocycles. The van der Waals surface area contributed by atoms with Crippen LogP contribution in [-0.4, -0.2) is 52.1 Å². The first kappa shape index (κ1) is 29.7. The maximum Gasteiger partial charge on any atom is 0.305 e. The van der Waals surface area contributed by atoms with Crippen LogP contribution in [0, 0.1) is 13.8 Å². The molecule has 36 heavy (non-hydrogen) atoms. The van der Waals surface area contributed by atoms with Gasteiger partial charge in [0.05, 0.1) is 34.0 Å². The number of carbonyl (C=O) groups is 1. The summed E-state index contributed by atoms with van der Waals surface area (Å²) >= 11 is 0. The SMILES string of the molecule is COC(=O)CCC(CCC/C=C/C[C@H](O)CS(=O)(=O)c1ccc(C)cc1)S(=O)(=O)c1ccc(C)cc1. The maximum absolute atomic E-state index is 13.2. The highest BCUT2D eigenvalue weighted by Gasteiger charge is 2.27. The summed E-state index contributed by atoms with van der Waals surface area (Å²) in [5.41, 5.74) is 1.91. The van der Waals surface area contributed by atoms with E-state index in [4.69, 9.17) is 0 Å². The molecular formula is C27H36O7S2. The quantitative estimate of drug-likeness (QED) is 0.217. The molecule has 0 saturated heterocycles. The van der Waals surface area contributed by atoms with E-state index >= 15 is 0 Å². The van der Waals surface area contributed by atoms with Gasteiger partial charge in [-0.15, -0.1) is 0 Å². The third-order valence-corrected chi connectivity index (χ3v) is 10.0. The van der Waals surface area contributed by atoms with Gasteiger partial charge in [-0.05, 0) is 70.2 Å². The molecule has 198 valence electrons. The van der Waals surface area contributed by atoms with Gasteiger partial charge in [-0.2, -0.15) is 0 Å². The maximum atomic E-state index is 13.2. The molecule has 0 aliphatic rings. The third-order valence-electron chi connectivity index (χ3n) is 5.95. The number of hydrogen-bond acceptors (Lipinski definition) is 7. The number of hydrogen-bond donors (Lipinski definition) is 1. The van der Waals surface area contributed by atoms with Gasteiger partial charge in [0.2, 0.25) is 0 Å². The van der Waals surface area contributed by atoms with Crippen LogP contribution in [0.15, 0.2) is 70.5 Å².